The number of hydrogen-bond donors (Lipinski definition) is 1. The number of ether oxygens (including phenoxy) is 2. The molecule has 1 unspecified atom stereocenters. The Kier molecular flexibility index (Phi) is 5.46. The zero-order valence-electron chi connectivity index (χ0n) is 12.4. The van der Waals surface area contributed by atoms with Gasteiger partial charge in [-0.2, -0.15) is 5.48 Å². The van der Waals surface area contributed by atoms with Crippen molar-refractivity contribution in [1.82, 2.24) is 5.48 Å². The Balaban J connectivity index is 2.20. The van der Waals surface area contributed by atoms with Crippen LogP contribution < -0.4 is 10.2 Å². The first-order valence-electron chi connectivity index (χ1n) is 6.85. The topological polar surface area (TPSA) is 73.9 Å². The van der Waals surface area contributed by atoms with E-state index in [-0.39, 0.29) is 11.3 Å². The summed E-state index contributed by atoms with van der Waals surface area (Å²) in [6.07, 6.45) is 1.80. The van der Waals surface area contributed by atoms with Crippen molar-refractivity contribution in [1.29, 1.82) is 0 Å². The monoisotopic (exact) mass is 303 g/mol. The maximum Gasteiger partial charge on any atom is 0.347 e. The van der Waals surface area contributed by atoms with E-state index in [0.29, 0.717) is 12.4 Å². The first-order chi connectivity index (χ1) is 10.6. The fourth-order valence-electron chi connectivity index (χ4n) is 1.80. The van der Waals surface area contributed by atoms with Crippen molar-refractivity contribution in [2.75, 3.05) is 6.61 Å². The molecule has 1 aliphatic rings. The largest absolute Gasteiger partial charge is 0.470 e. The minimum atomic E-state index is -0.805. The molecule has 0 bridgehead atoms. The molecular formula is C16H17NO5. The fraction of sp³-hybridized carbons (Fsp3) is 0.250. The van der Waals surface area contributed by atoms with Crippen LogP contribution in [-0.2, 0) is 19.2 Å². The molecule has 116 valence electrons. The zero-order chi connectivity index (χ0) is 15.9. The lowest BCUT2D eigenvalue weighted by molar-refractivity contribution is -0.137. The van der Waals surface area contributed by atoms with Gasteiger partial charge in [0.15, 0.2) is 12.0 Å². The molecule has 6 nitrogen and oxygen atoms in total. The smallest absolute Gasteiger partial charge is 0.347 e. The van der Waals surface area contributed by atoms with Gasteiger partial charge in [0, 0.05) is 6.08 Å². The molecule has 0 radical (unpaired) electrons. The maximum atomic E-state index is 11.9. The van der Waals surface area contributed by atoms with Gasteiger partial charge in [-0.25, -0.2) is 4.79 Å². The van der Waals surface area contributed by atoms with Crippen LogP contribution in [0.15, 0.2) is 53.8 Å². The maximum absolute atomic E-state index is 11.9. The Hall–Kier alpha value is -2.44. The minimum Gasteiger partial charge on any atom is -0.470 e. The fourth-order valence-corrected chi connectivity index (χ4v) is 1.80. The number of benzene rings is 1. The normalized spacial score (nSPS) is 17.9. The minimum absolute atomic E-state index is 0.0984. The number of carbonyl (C=O) groups is 2. The lowest BCUT2D eigenvalue weighted by atomic mass is 10.1. The molecule has 0 spiro atoms. The summed E-state index contributed by atoms with van der Waals surface area (Å²) in [6, 6.07) is 8.99. The van der Waals surface area contributed by atoms with Crippen LogP contribution in [0.5, 0.6) is 5.75 Å². The summed E-state index contributed by atoms with van der Waals surface area (Å²) in [6.45, 7) is 3.74. The van der Waals surface area contributed by atoms with Crippen molar-refractivity contribution in [3.8, 4) is 5.75 Å². The van der Waals surface area contributed by atoms with Gasteiger partial charge in [-0.3, -0.25) is 9.63 Å². The Labute approximate surface area is 128 Å². The van der Waals surface area contributed by atoms with Gasteiger partial charge in [-0.1, -0.05) is 18.2 Å². The van der Waals surface area contributed by atoms with Crippen LogP contribution >= 0.6 is 0 Å². The molecule has 2 rings (SSSR count). The Morgan fingerprint density at radius 2 is 2.00 bits per heavy atom. The van der Waals surface area contributed by atoms with Crippen molar-refractivity contribution >= 4 is 11.8 Å². The standard InChI is InChI=1S/C16H17NO5/c1-3-20-17-15(22-12-7-5-4-6-8-12)10-13-14(18)9-11(2)21-16(13)19/h4-10,15,17H,3H2,1-2H3. The second kappa shape index (κ2) is 7.53. The summed E-state index contributed by atoms with van der Waals surface area (Å²) in [4.78, 5) is 28.8. The van der Waals surface area contributed by atoms with Gasteiger partial charge in [0.2, 0.25) is 0 Å². The third kappa shape index (κ3) is 4.28. The van der Waals surface area contributed by atoms with E-state index >= 15 is 0 Å². The molecular weight excluding hydrogens is 286 g/mol. The zero-order valence-corrected chi connectivity index (χ0v) is 12.4. The highest BCUT2D eigenvalue weighted by molar-refractivity contribution is 6.23. The van der Waals surface area contributed by atoms with Crippen molar-refractivity contribution in [2.24, 2.45) is 0 Å². The third-order valence-electron chi connectivity index (χ3n) is 2.74. The molecule has 0 aliphatic carbocycles. The number of allylic oxidation sites excluding steroid dienone is 2. The van der Waals surface area contributed by atoms with Crippen molar-refractivity contribution in [3.05, 3.63) is 53.8 Å². The number of esters is 1. The highest BCUT2D eigenvalue weighted by Gasteiger charge is 2.26. The highest BCUT2D eigenvalue weighted by Crippen LogP contribution is 2.16. The number of para-hydroxylation sites is 1. The van der Waals surface area contributed by atoms with Crippen LogP contribution in [0, 0.1) is 0 Å². The molecule has 22 heavy (non-hydrogen) atoms. The number of nitrogens with one attached hydrogen (secondary N) is 1. The van der Waals surface area contributed by atoms with E-state index < -0.39 is 18.0 Å². The van der Waals surface area contributed by atoms with Gasteiger partial charge in [0.25, 0.3) is 0 Å². The molecule has 1 heterocycles. The van der Waals surface area contributed by atoms with Crippen molar-refractivity contribution < 1.29 is 23.9 Å². The highest BCUT2D eigenvalue weighted by atomic mass is 16.7. The molecule has 0 fully saturated rings. The first-order valence-corrected chi connectivity index (χ1v) is 6.85. The molecule has 1 aromatic carbocycles. The third-order valence-corrected chi connectivity index (χ3v) is 2.74. The van der Waals surface area contributed by atoms with E-state index in [9.17, 15) is 9.59 Å². The number of hydrogen-bond acceptors (Lipinski definition) is 6. The van der Waals surface area contributed by atoms with Crippen LogP contribution in [-0.4, -0.2) is 24.6 Å². The van der Waals surface area contributed by atoms with Crippen LogP contribution in [0.1, 0.15) is 13.8 Å². The van der Waals surface area contributed by atoms with Crippen molar-refractivity contribution in [2.45, 2.75) is 20.1 Å². The molecule has 0 amide bonds. The average molecular weight is 303 g/mol. The Morgan fingerprint density at radius 3 is 2.64 bits per heavy atom. The summed E-state index contributed by atoms with van der Waals surface area (Å²) < 4.78 is 10.6. The van der Waals surface area contributed by atoms with E-state index in [1.807, 2.05) is 18.2 Å². The number of rotatable bonds is 6. The van der Waals surface area contributed by atoms with E-state index in [0.717, 1.165) is 0 Å². The molecule has 0 saturated carbocycles. The molecule has 6 heteroatoms. The molecule has 1 aliphatic heterocycles. The number of cyclic esters (lactones) is 1. The van der Waals surface area contributed by atoms with Gasteiger partial charge in [0.1, 0.15) is 17.1 Å². The van der Waals surface area contributed by atoms with E-state index in [1.54, 1.807) is 26.0 Å². The van der Waals surface area contributed by atoms with E-state index in [4.69, 9.17) is 14.3 Å². The summed E-state index contributed by atoms with van der Waals surface area (Å²) >= 11 is 0. The number of ketones is 1. The second-order valence-corrected chi connectivity index (χ2v) is 4.49. The van der Waals surface area contributed by atoms with Gasteiger partial charge in [-0.15, -0.1) is 0 Å². The Bertz CT molecular complexity index is 606. The number of carbonyl (C=O) groups excluding carboxylic acids is 2. The molecule has 0 aromatic heterocycles. The van der Waals surface area contributed by atoms with Crippen molar-refractivity contribution in [3.63, 3.8) is 0 Å². The predicted molar refractivity (Wildman–Crippen MR) is 78.6 cm³/mol. The average Bonchev–Trinajstić information content (AvgIpc) is 2.49. The van der Waals surface area contributed by atoms with E-state index in [2.05, 4.69) is 5.48 Å². The van der Waals surface area contributed by atoms with Crippen LogP contribution in [0.25, 0.3) is 0 Å². The first kappa shape index (κ1) is 15.9. The summed E-state index contributed by atoms with van der Waals surface area (Å²) in [5.74, 6) is -0.288. The SMILES string of the molecule is CCONC(C=C1C(=O)C=C(C)OC1=O)Oc1ccccc1. The molecule has 1 atom stereocenters. The lowest BCUT2D eigenvalue weighted by Gasteiger charge is -2.19. The quantitative estimate of drug-likeness (QED) is 0.284. The van der Waals surface area contributed by atoms with E-state index in [1.165, 1.54) is 12.2 Å². The summed E-state index contributed by atoms with van der Waals surface area (Å²) in [5.41, 5.74) is 2.54. The number of hydroxylamine groups is 1. The van der Waals surface area contributed by atoms with Gasteiger partial charge in [-0.05, 0) is 32.1 Å². The Morgan fingerprint density at radius 1 is 1.27 bits per heavy atom. The van der Waals surface area contributed by atoms with Gasteiger partial charge < -0.3 is 9.47 Å². The second-order valence-electron chi connectivity index (χ2n) is 4.49. The predicted octanol–water partition coefficient (Wildman–Crippen LogP) is 1.89. The van der Waals surface area contributed by atoms with Gasteiger partial charge >= 0.3 is 5.97 Å². The van der Waals surface area contributed by atoms with Crippen LogP contribution in [0.4, 0.5) is 0 Å². The van der Waals surface area contributed by atoms with Crippen LogP contribution in [0.3, 0.4) is 0 Å². The van der Waals surface area contributed by atoms with Crippen LogP contribution in [0.2, 0.25) is 0 Å². The summed E-state index contributed by atoms with van der Waals surface area (Å²) in [7, 11) is 0. The molecule has 0 saturated heterocycles. The molecule has 1 N–H and O–H groups in total. The summed E-state index contributed by atoms with van der Waals surface area (Å²) in [5, 5.41) is 0. The lowest BCUT2D eigenvalue weighted by Crippen LogP contribution is -2.35. The van der Waals surface area contributed by atoms with Gasteiger partial charge in [0.05, 0.1) is 6.61 Å². The molecule has 1 aromatic rings.